The molecule has 5 nitrogen and oxygen atoms in total. The molecule has 0 aliphatic carbocycles. The third kappa shape index (κ3) is 5.89. The fourth-order valence-electron chi connectivity index (χ4n) is 1.10. The van der Waals surface area contributed by atoms with Gasteiger partial charge in [0.05, 0.1) is 0 Å². The molecule has 17 heavy (non-hydrogen) atoms. The molecular weight excluding hydrogens is 261 g/mol. The van der Waals surface area contributed by atoms with Crippen molar-refractivity contribution in [3.8, 4) is 0 Å². The smallest absolute Gasteiger partial charge is 0.345 e. The fourth-order valence-corrected chi connectivity index (χ4v) is 2.23. The Morgan fingerprint density at radius 2 is 1.94 bits per heavy atom. The first kappa shape index (κ1) is 14.3. The van der Waals surface area contributed by atoms with Gasteiger partial charge in [0.25, 0.3) is 0 Å². The molecule has 0 aliphatic heterocycles. The van der Waals surface area contributed by atoms with Gasteiger partial charge in [0, 0.05) is 18.1 Å². The fraction of sp³-hybridized carbons (Fsp3) is 0.300. The van der Waals surface area contributed by atoms with Crippen LogP contribution in [0.25, 0.3) is 0 Å². The Morgan fingerprint density at radius 3 is 2.53 bits per heavy atom. The first-order valence-electron chi connectivity index (χ1n) is 4.96. The van der Waals surface area contributed by atoms with Gasteiger partial charge in [-0.15, -0.1) is 0 Å². The maximum atomic E-state index is 10.8. The molecule has 94 valence electrons. The van der Waals surface area contributed by atoms with Crippen LogP contribution in [0.5, 0.6) is 0 Å². The van der Waals surface area contributed by atoms with Crippen LogP contribution < -0.4 is 5.32 Å². The second-order valence-electron chi connectivity index (χ2n) is 3.31. The lowest BCUT2D eigenvalue weighted by atomic mass is 10.2. The van der Waals surface area contributed by atoms with Crippen molar-refractivity contribution in [1.29, 1.82) is 0 Å². The number of rotatable bonds is 6. The van der Waals surface area contributed by atoms with E-state index in [1.54, 1.807) is 11.8 Å². The summed E-state index contributed by atoms with van der Waals surface area (Å²) in [6.45, 7) is 0.251. The normalized spacial score (nSPS) is 11.2. The molecule has 0 radical (unpaired) electrons. The van der Waals surface area contributed by atoms with E-state index in [1.807, 2.05) is 30.3 Å². The summed E-state index contributed by atoms with van der Waals surface area (Å²) in [6.07, 6.45) is 0. The van der Waals surface area contributed by atoms with E-state index in [1.165, 1.54) is 5.56 Å². The van der Waals surface area contributed by atoms with Crippen molar-refractivity contribution in [3.63, 3.8) is 0 Å². The molecule has 0 atom stereocenters. The number of carbonyl (C=O) groups excluding carboxylic acids is 1. The SMILES string of the molecule is O=C(NCCSCc1ccccc1)P(=O)(O)O. The van der Waals surface area contributed by atoms with Gasteiger partial charge in [-0.2, -0.15) is 11.8 Å². The number of benzene rings is 1. The van der Waals surface area contributed by atoms with E-state index >= 15 is 0 Å². The van der Waals surface area contributed by atoms with Crippen molar-refractivity contribution in [1.82, 2.24) is 5.32 Å². The van der Waals surface area contributed by atoms with Gasteiger partial charge in [0.2, 0.25) is 0 Å². The molecular formula is C10H14NO4PS. The summed E-state index contributed by atoms with van der Waals surface area (Å²) < 4.78 is 10.5. The van der Waals surface area contributed by atoms with Gasteiger partial charge in [-0.1, -0.05) is 30.3 Å². The summed E-state index contributed by atoms with van der Waals surface area (Å²) in [5, 5.41) is 2.19. The third-order valence-corrected chi connectivity index (χ3v) is 3.62. The molecule has 0 spiro atoms. The Balaban J connectivity index is 2.14. The highest BCUT2D eigenvalue weighted by Gasteiger charge is 2.24. The van der Waals surface area contributed by atoms with Crippen molar-refractivity contribution < 1.29 is 19.1 Å². The van der Waals surface area contributed by atoms with Crippen LogP contribution in [-0.4, -0.2) is 27.7 Å². The van der Waals surface area contributed by atoms with Crippen LogP contribution in [0.15, 0.2) is 30.3 Å². The van der Waals surface area contributed by atoms with Crippen molar-refractivity contribution in [2.45, 2.75) is 5.75 Å². The molecule has 0 saturated heterocycles. The predicted molar refractivity (Wildman–Crippen MR) is 68.0 cm³/mol. The van der Waals surface area contributed by atoms with Gasteiger partial charge in [0.1, 0.15) is 0 Å². The highest BCUT2D eigenvalue weighted by Crippen LogP contribution is 2.34. The molecule has 1 rings (SSSR count). The van der Waals surface area contributed by atoms with Gasteiger partial charge >= 0.3 is 13.2 Å². The molecule has 0 saturated carbocycles. The molecule has 0 heterocycles. The average Bonchev–Trinajstić information content (AvgIpc) is 2.28. The van der Waals surface area contributed by atoms with Crippen molar-refractivity contribution in [2.24, 2.45) is 0 Å². The van der Waals surface area contributed by atoms with Crippen LogP contribution in [0.4, 0.5) is 4.79 Å². The van der Waals surface area contributed by atoms with Crippen LogP contribution in [0, 0.1) is 0 Å². The molecule has 0 aliphatic rings. The monoisotopic (exact) mass is 275 g/mol. The summed E-state index contributed by atoms with van der Waals surface area (Å²) in [4.78, 5) is 27.8. The maximum Gasteiger partial charge on any atom is 0.413 e. The third-order valence-electron chi connectivity index (χ3n) is 1.90. The molecule has 1 aromatic carbocycles. The van der Waals surface area contributed by atoms with Crippen LogP contribution in [0.2, 0.25) is 0 Å². The van der Waals surface area contributed by atoms with E-state index in [4.69, 9.17) is 9.79 Å². The van der Waals surface area contributed by atoms with E-state index in [0.717, 1.165) is 5.75 Å². The Kier molecular flexibility index (Phi) is 5.71. The first-order chi connectivity index (χ1) is 8.00. The van der Waals surface area contributed by atoms with E-state index in [-0.39, 0.29) is 6.54 Å². The Morgan fingerprint density at radius 1 is 1.29 bits per heavy atom. The van der Waals surface area contributed by atoms with Crippen molar-refractivity contribution in [3.05, 3.63) is 35.9 Å². The maximum absolute atomic E-state index is 10.8. The summed E-state index contributed by atoms with van der Waals surface area (Å²) in [6, 6.07) is 9.84. The highest BCUT2D eigenvalue weighted by molar-refractivity contribution is 7.98. The van der Waals surface area contributed by atoms with E-state index in [0.29, 0.717) is 5.75 Å². The van der Waals surface area contributed by atoms with Gasteiger partial charge in [-0.3, -0.25) is 4.79 Å². The van der Waals surface area contributed by atoms with Gasteiger partial charge in [0.15, 0.2) is 0 Å². The molecule has 1 amide bonds. The summed E-state index contributed by atoms with van der Waals surface area (Å²) in [5.41, 5.74) is -0.0309. The Hall–Kier alpha value is -0.810. The zero-order valence-electron chi connectivity index (χ0n) is 9.07. The van der Waals surface area contributed by atoms with Gasteiger partial charge < -0.3 is 15.1 Å². The predicted octanol–water partition coefficient (Wildman–Crippen LogP) is 1.81. The first-order valence-corrected chi connectivity index (χ1v) is 7.72. The highest BCUT2D eigenvalue weighted by atomic mass is 32.2. The molecule has 1 aromatic rings. The summed E-state index contributed by atoms with van der Waals surface area (Å²) >= 11 is 1.59. The van der Waals surface area contributed by atoms with E-state index in [9.17, 15) is 9.36 Å². The van der Waals surface area contributed by atoms with Gasteiger partial charge in [-0.05, 0) is 5.56 Å². The molecule has 0 bridgehead atoms. The Bertz CT molecular complexity index is 406. The van der Waals surface area contributed by atoms with Gasteiger partial charge in [-0.25, -0.2) is 4.57 Å². The molecule has 0 unspecified atom stereocenters. The lowest BCUT2D eigenvalue weighted by Crippen LogP contribution is -2.24. The minimum atomic E-state index is -4.62. The second-order valence-corrected chi connectivity index (χ2v) is 5.91. The minimum absolute atomic E-state index is 0.251. The average molecular weight is 275 g/mol. The molecule has 0 fully saturated rings. The number of nitrogens with one attached hydrogen (secondary N) is 1. The lowest BCUT2D eigenvalue weighted by Gasteiger charge is -2.05. The van der Waals surface area contributed by atoms with Crippen LogP contribution in [0.3, 0.4) is 0 Å². The zero-order chi connectivity index (χ0) is 12.7. The number of hydrogen-bond donors (Lipinski definition) is 3. The van der Waals surface area contributed by atoms with Crippen LogP contribution in [-0.2, 0) is 10.3 Å². The van der Waals surface area contributed by atoms with E-state index in [2.05, 4.69) is 5.32 Å². The minimum Gasteiger partial charge on any atom is -0.345 e. The largest absolute Gasteiger partial charge is 0.413 e. The number of amides is 1. The number of hydrogen-bond acceptors (Lipinski definition) is 3. The second kappa shape index (κ2) is 6.81. The zero-order valence-corrected chi connectivity index (χ0v) is 10.8. The number of thioether (sulfide) groups is 1. The summed E-state index contributed by atoms with van der Waals surface area (Å²) in [5.74, 6) is 1.42. The molecule has 7 heteroatoms. The lowest BCUT2D eigenvalue weighted by molar-refractivity contribution is 0.249. The Labute approximate surface area is 104 Å². The molecule has 3 N–H and O–H groups in total. The van der Waals surface area contributed by atoms with Crippen molar-refractivity contribution in [2.75, 3.05) is 12.3 Å². The topological polar surface area (TPSA) is 86.6 Å². The standard InChI is InChI=1S/C10H14NO4PS/c12-10(16(13,14)15)11-6-7-17-8-9-4-2-1-3-5-9/h1-5H,6-8H2,(H,11,12)(H2,13,14,15). The van der Waals surface area contributed by atoms with Crippen molar-refractivity contribution >= 4 is 25.0 Å². The van der Waals surface area contributed by atoms with Crippen LogP contribution in [0.1, 0.15) is 5.56 Å². The number of carbonyl (C=O) groups is 1. The molecule has 0 aromatic heterocycles. The van der Waals surface area contributed by atoms with E-state index < -0.39 is 13.2 Å². The summed E-state index contributed by atoms with van der Waals surface area (Å²) in [7, 11) is -4.62. The quantitative estimate of drug-likeness (QED) is 0.544. The van der Waals surface area contributed by atoms with Crippen LogP contribution >= 0.6 is 19.4 Å².